The Labute approximate surface area is 175 Å². The molecule has 7 heteroatoms. The Kier molecular flexibility index (Phi) is 4.82. The minimum Gasteiger partial charge on any atom is -0.323 e. The lowest BCUT2D eigenvalue weighted by molar-refractivity contribution is -0.134. The number of hydrogen-bond donors (Lipinski definition) is 1. The van der Waals surface area contributed by atoms with Crippen LogP contribution in [0.5, 0.6) is 0 Å². The molecule has 29 heavy (non-hydrogen) atoms. The second-order valence-corrected chi connectivity index (χ2v) is 10.0. The number of amides is 3. The first-order chi connectivity index (χ1) is 14.0. The van der Waals surface area contributed by atoms with Crippen LogP contribution in [-0.4, -0.2) is 52.0 Å². The van der Waals surface area contributed by atoms with Crippen molar-refractivity contribution in [3.63, 3.8) is 0 Å². The predicted molar refractivity (Wildman–Crippen MR) is 114 cm³/mol. The molecule has 1 saturated carbocycles. The summed E-state index contributed by atoms with van der Waals surface area (Å²) in [6, 6.07) is 8.09. The second kappa shape index (κ2) is 7.36. The van der Waals surface area contributed by atoms with Crippen LogP contribution in [0.15, 0.2) is 24.3 Å². The average Bonchev–Trinajstić information content (AvgIpc) is 3.26. The van der Waals surface area contributed by atoms with Crippen LogP contribution in [0.2, 0.25) is 0 Å². The first-order valence-electron chi connectivity index (χ1n) is 10.8. The fourth-order valence-corrected chi connectivity index (χ4v) is 6.12. The highest BCUT2D eigenvalue weighted by Crippen LogP contribution is 2.37. The van der Waals surface area contributed by atoms with Crippen molar-refractivity contribution < 1.29 is 9.59 Å². The van der Waals surface area contributed by atoms with Crippen LogP contribution < -0.4 is 5.32 Å². The minimum absolute atomic E-state index is 0.0114. The first-order valence-corrected chi connectivity index (χ1v) is 11.6. The Bertz CT molecular complexity index is 893. The minimum atomic E-state index is -0.636. The molecule has 0 bridgehead atoms. The van der Waals surface area contributed by atoms with Crippen LogP contribution in [0.3, 0.4) is 0 Å². The molecule has 2 saturated heterocycles. The number of nitrogens with zero attached hydrogens (tertiary/aromatic N) is 3. The monoisotopic (exact) mass is 412 g/mol. The highest BCUT2D eigenvalue weighted by Gasteiger charge is 2.52. The summed E-state index contributed by atoms with van der Waals surface area (Å²) in [5.41, 5.74) is 0.449. The number of piperidine rings is 1. The van der Waals surface area contributed by atoms with Crippen molar-refractivity contribution in [2.45, 2.75) is 56.9 Å². The van der Waals surface area contributed by atoms with E-state index in [1.54, 1.807) is 11.3 Å². The number of likely N-dealkylation sites (tertiary alicyclic amines) is 1. The van der Waals surface area contributed by atoms with Crippen molar-refractivity contribution >= 4 is 33.5 Å². The number of hydrogen-bond acceptors (Lipinski definition) is 5. The van der Waals surface area contributed by atoms with Gasteiger partial charge in [0.1, 0.15) is 5.54 Å². The van der Waals surface area contributed by atoms with Gasteiger partial charge < -0.3 is 5.32 Å². The SMILES string of the molecule is CC1CCC2(CC1)NC(=O)N(CN1CCC(c3nc4ccccc4s3)CC1)C2=O. The van der Waals surface area contributed by atoms with E-state index in [1.807, 2.05) is 6.07 Å². The highest BCUT2D eigenvalue weighted by atomic mass is 32.1. The summed E-state index contributed by atoms with van der Waals surface area (Å²) in [5.74, 6) is 1.10. The van der Waals surface area contributed by atoms with Crippen molar-refractivity contribution in [2.75, 3.05) is 19.8 Å². The van der Waals surface area contributed by atoms with E-state index in [0.717, 1.165) is 57.1 Å². The van der Waals surface area contributed by atoms with Gasteiger partial charge in [0.05, 0.1) is 21.9 Å². The number of rotatable bonds is 3. The number of urea groups is 1. The molecule has 1 aromatic heterocycles. The van der Waals surface area contributed by atoms with Crippen LogP contribution in [-0.2, 0) is 4.79 Å². The van der Waals surface area contributed by atoms with Gasteiger partial charge in [0.25, 0.3) is 5.91 Å². The number of nitrogens with one attached hydrogen (secondary N) is 1. The normalized spacial score (nSPS) is 29.1. The fourth-order valence-electron chi connectivity index (χ4n) is 4.98. The number of thiazole rings is 1. The Balaban J connectivity index is 1.20. The third-order valence-electron chi connectivity index (χ3n) is 6.96. The smallest absolute Gasteiger partial charge is 0.323 e. The van der Waals surface area contributed by atoms with Crippen LogP contribution in [0.25, 0.3) is 10.2 Å². The van der Waals surface area contributed by atoms with E-state index in [0.29, 0.717) is 18.5 Å². The molecular formula is C22H28N4O2S. The molecule has 0 unspecified atom stereocenters. The largest absolute Gasteiger partial charge is 0.326 e. The topological polar surface area (TPSA) is 65.5 Å². The number of benzene rings is 1. The van der Waals surface area contributed by atoms with Crippen LogP contribution in [0.4, 0.5) is 4.79 Å². The van der Waals surface area contributed by atoms with Gasteiger partial charge >= 0.3 is 6.03 Å². The van der Waals surface area contributed by atoms with E-state index in [-0.39, 0.29) is 11.9 Å². The van der Waals surface area contributed by atoms with Crippen LogP contribution in [0.1, 0.15) is 56.4 Å². The van der Waals surface area contributed by atoms with E-state index < -0.39 is 5.54 Å². The molecule has 0 radical (unpaired) electrons. The summed E-state index contributed by atoms with van der Waals surface area (Å²) in [6.07, 6.45) is 5.60. The number of para-hydroxylation sites is 1. The van der Waals surface area contributed by atoms with Crippen molar-refractivity contribution in [3.05, 3.63) is 29.3 Å². The fraction of sp³-hybridized carbons (Fsp3) is 0.591. The van der Waals surface area contributed by atoms with Crippen molar-refractivity contribution in [1.29, 1.82) is 0 Å². The van der Waals surface area contributed by atoms with Gasteiger partial charge in [-0.3, -0.25) is 9.69 Å². The molecular weight excluding hydrogens is 384 g/mol. The lowest BCUT2D eigenvalue weighted by Crippen LogP contribution is -2.50. The van der Waals surface area contributed by atoms with Crippen molar-refractivity contribution in [2.24, 2.45) is 5.92 Å². The number of imide groups is 1. The van der Waals surface area contributed by atoms with Gasteiger partial charge in [0.15, 0.2) is 0 Å². The maximum atomic E-state index is 13.1. The maximum absolute atomic E-state index is 13.1. The molecule has 3 amide bonds. The van der Waals surface area contributed by atoms with Crippen molar-refractivity contribution in [1.82, 2.24) is 20.1 Å². The zero-order chi connectivity index (χ0) is 20.0. The Morgan fingerprint density at radius 1 is 1.14 bits per heavy atom. The number of aromatic nitrogens is 1. The van der Waals surface area contributed by atoms with Crippen LogP contribution >= 0.6 is 11.3 Å². The number of carbonyl (C=O) groups is 2. The quantitative estimate of drug-likeness (QED) is 0.776. The van der Waals surface area contributed by atoms with Gasteiger partial charge in [-0.15, -0.1) is 11.3 Å². The van der Waals surface area contributed by atoms with E-state index >= 15 is 0 Å². The lowest BCUT2D eigenvalue weighted by atomic mass is 9.77. The molecule has 154 valence electrons. The molecule has 2 aromatic rings. The van der Waals surface area contributed by atoms with Crippen LogP contribution in [0, 0.1) is 5.92 Å². The molecule has 1 aliphatic carbocycles. The van der Waals surface area contributed by atoms with Gasteiger partial charge in [0.2, 0.25) is 0 Å². The van der Waals surface area contributed by atoms with E-state index in [9.17, 15) is 9.59 Å². The molecule has 0 atom stereocenters. The second-order valence-electron chi connectivity index (χ2n) is 8.98. The summed E-state index contributed by atoms with van der Waals surface area (Å²) < 4.78 is 1.25. The zero-order valence-corrected chi connectivity index (χ0v) is 17.7. The van der Waals surface area contributed by atoms with E-state index in [4.69, 9.17) is 4.98 Å². The van der Waals surface area contributed by atoms with Gasteiger partial charge in [-0.05, 0) is 56.6 Å². The molecule has 3 fully saturated rings. The van der Waals surface area contributed by atoms with Gasteiger partial charge in [-0.25, -0.2) is 14.7 Å². The molecule has 5 rings (SSSR count). The molecule has 2 aliphatic heterocycles. The van der Waals surface area contributed by atoms with Gasteiger partial charge in [0, 0.05) is 19.0 Å². The standard InChI is InChI=1S/C22H28N4O2S/c1-15-6-10-22(11-7-15)20(27)26(21(28)24-22)14-25-12-8-16(9-13-25)19-23-17-4-2-3-5-18(17)29-19/h2-5,15-16H,6-14H2,1H3,(H,24,28). The molecule has 1 N–H and O–H groups in total. The van der Waals surface area contributed by atoms with Gasteiger partial charge in [-0.2, -0.15) is 0 Å². The Morgan fingerprint density at radius 2 is 1.86 bits per heavy atom. The lowest BCUT2D eigenvalue weighted by Gasteiger charge is -2.35. The van der Waals surface area contributed by atoms with E-state index in [1.165, 1.54) is 14.6 Å². The molecule has 3 aliphatic rings. The van der Waals surface area contributed by atoms with E-state index in [2.05, 4.69) is 35.3 Å². The zero-order valence-electron chi connectivity index (χ0n) is 16.9. The maximum Gasteiger partial charge on any atom is 0.326 e. The highest BCUT2D eigenvalue weighted by molar-refractivity contribution is 7.18. The summed E-state index contributed by atoms with van der Waals surface area (Å²) in [4.78, 5) is 34.1. The first kappa shape index (κ1) is 19.0. The molecule has 1 aromatic carbocycles. The van der Waals surface area contributed by atoms with Gasteiger partial charge in [-0.1, -0.05) is 19.1 Å². The summed E-state index contributed by atoms with van der Waals surface area (Å²) in [5, 5.41) is 4.25. The Hall–Kier alpha value is -1.99. The average molecular weight is 413 g/mol. The summed E-state index contributed by atoms with van der Waals surface area (Å²) in [6.45, 7) is 4.42. The molecule has 3 heterocycles. The molecule has 6 nitrogen and oxygen atoms in total. The third kappa shape index (κ3) is 3.44. The Morgan fingerprint density at radius 3 is 2.59 bits per heavy atom. The third-order valence-corrected chi connectivity index (χ3v) is 8.16. The van der Waals surface area contributed by atoms with Crippen molar-refractivity contribution in [3.8, 4) is 0 Å². The number of fused-ring (bicyclic) bond motifs is 1. The predicted octanol–water partition coefficient (Wildman–Crippen LogP) is 3.93. The molecule has 1 spiro atoms. The summed E-state index contributed by atoms with van der Waals surface area (Å²) in [7, 11) is 0. The number of carbonyl (C=O) groups excluding carboxylic acids is 2. The summed E-state index contributed by atoms with van der Waals surface area (Å²) >= 11 is 1.80.